The Kier molecular flexibility index (Phi) is 3.14. The fourth-order valence-electron chi connectivity index (χ4n) is 1.97. The van der Waals surface area contributed by atoms with Gasteiger partial charge in [0.1, 0.15) is 0 Å². The highest BCUT2D eigenvalue weighted by Crippen LogP contribution is 2.31. The van der Waals surface area contributed by atoms with Crippen LogP contribution in [0.15, 0.2) is 28.7 Å². The maximum Gasteiger partial charge on any atom is 0.0967 e. The molecule has 15 heavy (non-hydrogen) atoms. The first-order valence-corrected chi connectivity index (χ1v) is 5.98. The fraction of sp³-hybridized carbons (Fsp3) is 0.500. The third-order valence-electron chi connectivity index (χ3n) is 3.11. The number of hydrogen-bond acceptors (Lipinski definition) is 2. The molecule has 1 N–H and O–H groups in total. The molecule has 82 valence electrons. The lowest BCUT2D eigenvalue weighted by Gasteiger charge is -2.26. The number of benzene rings is 1. The second kappa shape index (κ2) is 4.24. The molecule has 1 heterocycles. The Morgan fingerprint density at radius 3 is 2.87 bits per heavy atom. The lowest BCUT2D eigenvalue weighted by molar-refractivity contribution is -0.0269. The molecule has 1 aliphatic heterocycles. The van der Waals surface area contributed by atoms with Crippen molar-refractivity contribution in [2.24, 2.45) is 0 Å². The number of ether oxygens (including phenoxy) is 1. The van der Waals surface area contributed by atoms with E-state index in [1.807, 2.05) is 31.2 Å². The zero-order valence-corrected chi connectivity index (χ0v) is 10.3. The molecular weight excluding hydrogens is 256 g/mol. The summed E-state index contributed by atoms with van der Waals surface area (Å²) in [6.45, 7) is 2.59. The Labute approximate surface area is 98.4 Å². The van der Waals surface area contributed by atoms with Crippen LogP contribution in [0.3, 0.4) is 0 Å². The van der Waals surface area contributed by atoms with Gasteiger partial charge < -0.3 is 9.84 Å². The Hall–Kier alpha value is -0.380. The van der Waals surface area contributed by atoms with Crippen molar-refractivity contribution in [3.05, 3.63) is 34.3 Å². The van der Waals surface area contributed by atoms with Crippen LogP contribution in [0.2, 0.25) is 0 Å². The van der Waals surface area contributed by atoms with Crippen LogP contribution in [0.4, 0.5) is 0 Å². The Balaban J connectivity index is 2.18. The summed E-state index contributed by atoms with van der Waals surface area (Å²) < 4.78 is 6.47. The second-order valence-corrected chi connectivity index (χ2v) is 4.99. The lowest BCUT2D eigenvalue weighted by atomic mass is 9.89. The van der Waals surface area contributed by atoms with Gasteiger partial charge in [-0.1, -0.05) is 34.1 Å². The second-order valence-electron chi connectivity index (χ2n) is 4.13. The average molecular weight is 271 g/mol. The van der Waals surface area contributed by atoms with Crippen LogP contribution < -0.4 is 0 Å². The van der Waals surface area contributed by atoms with Gasteiger partial charge in [-0.3, -0.25) is 0 Å². The van der Waals surface area contributed by atoms with Gasteiger partial charge in [0.05, 0.1) is 11.7 Å². The zero-order valence-electron chi connectivity index (χ0n) is 8.74. The highest BCUT2D eigenvalue weighted by atomic mass is 79.9. The third kappa shape index (κ3) is 2.25. The fourth-order valence-corrected chi connectivity index (χ4v) is 2.40. The molecule has 1 aromatic carbocycles. The van der Waals surface area contributed by atoms with Gasteiger partial charge >= 0.3 is 0 Å². The van der Waals surface area contributed by atoms with Crippen LogP contribution in [0.5, 0.6) is 0 Å². The summed E-state index contributed by atoms with van der Waals surface area (Å²) in [4.78, 5) is 0. The van der Waals surface area contributed by atoms with E-state index in [0.29, 0.717) is 13.0 Å². The van der Waals surface area contributed by atoms with E-state index in [2.05, 4.69) is 15.9 Å². The number of aliphatic hydroxyl groups is 1. The average Bonchev–Trinajstić information content (AvgIpc) is 2.51. The van der Waals surface area contributed by atoms with E-state index >= 15 is 0 Å². The molecule has 1 aliphatic rings. The van der Waals surface area contributed by atoms with Gasteiger partial charge in [0.15, 0.2) is 0 Å². The standard InChI is InChI=1S/C12H15BrO2/c1-9-12(14,6-7-15-9)8-10-4-2-3-5-11(10)13/h2-5,9,14H,6-8H2,1H3. The van der Waals surface area contributed by atoms with Gasteiger partial charge in [-0.25, -0.2) is 0 Å². The molecule has 3 heteroatoms. The van der Waals surface area contributed by atoms with Gasteiger partial charge in [0, 0.05) is 23.9 Å². The van der Waals surface area contributed by atoms with Crippen LogP contribution in [-0.4, -0.2) is 23.4 Å². The quantitative estimate of drug-likeness (QED) is 0.895. The van der Waals surface area contributed by atoms with E-state index in [1.54, 1.807) is 0 Å². The first kappa shape index (κ1) is 11.1. The van der Waals surface area contributed by atoms with Crippen molar-refractivity contribution in [1.82, 2.24) is 0 Å². The summed E-state index contributed by atoms with van der Waals surface area (Å²) in [5.41, 5.74) is 0.432. The molecule has 2 atom stereocenters. The zero-order chi connectivity index (χ0) is 10.9. The first-order valence-electron chi connectivity index (χ1n) is 5.19. The van der Waals surface area contributed by atoms with E-state index in [9.17, 15) is 5.11 Å². The molecule has 2 unspecified atom stereocenters. The minimum atomic E-state index is -0.704. The molecule has 0 radical (unpaired) electrons. The van der Waals surface area contributed by atoms with Crippen LogP contribution in [0.1, 0.15) is 18.9 Å². The topological polar surface area (TPSA) is 29.5 Å². The van der Waals surface area contributed by atoms with Crippen molar-refractivity contribution in [3.63, 3.8) is 0 Å². The maximum absolute atomic E-state index is 10.4. The van der Waals surface area contributed by atoms with Crippen molar-refractivity contribution < 1.29 is 9.84 Å². The van der Waals surface area contributed by atoms with Crippen LogP contribution in [-0.2, 0) is 11.2 Å². The number of hydrogen-bond donors (Lipinski definition) is 1. The van der Waals surface area contributed by atoms with Gasteiger partial charge in [-0.15, -0.1) is 0 Å². The molecule has 0 saturated carbocycles. The molecule has 1 aromatic rings. The Morgan fingerprint density at radius 2 is 2.27 bits per heavy atom. The molecule has 2 nitrogen and oxygen atoms in total. The molecule has 0 amide bonds. The molecule has 0 spiro atoms. The van der Waals surface area contributed by atoms with E-state index in [0.717, 1.165) is 16.5 Å². The van der Waals surface area contributed by atoms with E-state index in [-0.39, 0.29) is 6.10 Å². The summed E-state index contributed by atoms with van der Waals surface area (Å²) in [7, 11) is 0. The Morgan fingerprint density at radius 1 is 1.53 bits per heavy atom. The minimum absolute atomic E-state index is 0.0791. The molecule has 1 saturated heterocycles. The SMILES string of the molecule is CC1OCCC1(O)Cc1ccccc1Br. The monoisotopic (exact) mass is 270 g/mol. The predicted octanol–water partition coefficient (Wildman–Crippen LogP) is 2.53. The van der Waals surface area contributed by atoms with Crippen LogP contribution in [0.25, 0.3) is 0 Å². The van der Waals surface area contributed by atoms with E-state index in [4.69, 9.17) is 4.74 Å². The third-order valence-corrected chi connectivity index (χ3v) is 3.89. The molecule has 1 fully saturated rings. The minimum Gasteiger partial charge on any atom is -0.387 e. The van der Waals surface area contributed by atoms with E-state index in [1.165, 1.54) is 0 Å². The van der Waals surface area contributed by atoms with Gasteiger partial charge in [-0.05, 0) is 18.6 Å². The van der Waals surface area contributed by atoms with Gasteiger partial charge in [0.25, 0.3) is 0 Å². The molecule has 0 aliphatic carbocycles. The summed E-state index contributed by atoms with van der Waals surface area (Å²) in [6.07, 6.45) is 1.29. The molecular formula is C12H15BrO2. The van der Waals surface area contributed by atoms with Crippen LogP contribution >= 0.6 is 15.9 Å². The maximum atomic E-state index is 10.4. The van der Waals surface area contributed by atoms with Crippen molar-refractivity contribution in [1.29, 1.82) is 0 Å². The number of halogens is 1. The van der Waals surface area contributed by atoms with Crippen molar-refractivity contribution in [2.45, 2.75) is 31.5 Å². The van der Waals surface area contributed by atoms with E-state index < -0.39 is 5.60 Å². The van der Waals surface area contributed by atoms with Gasteiger partial charge in [-0.2, -0.15) is 0 Å². The van der Waals surface area contributed by atoms with Crippen molar-refractivity contribution in [3.8, 4) is 0 Å². The summed E-state index contributed by atoms with van der Waals surface area (Å²) in [5.74, 6) is 0. The highest BCUT2D eigenvalue weighted by Gasteiger charge is 2.39. The highest BCUT2D eigenvalue weighted by molar-refractivity contribution is 9.10. The summed E-state index contributed by atoms with van der Waals surface area (Å²) >= 11 is 3.50. The molecule has 0 aromatic heterocycles. The largest absolute Gasteiger partial charge is 0.387 e. The predicted molar refractivity (Wildman–Crippen MR) is 62.8 cm³/mol. The normalized spacial score (nSPS) is 30.7. The molecule has 0 bridgehead atoms. The van der Waals surface area contributed by atoms with Crippen LogP contribution in [0, 0.1) is 0 Å². The number of rotatable bonds is 2. The summed E-state index contributed by atoms with van der Waals surface area (Å²) in [5, 5.41) is 10.4. The summed E-state index contributed by atoms with van der Waals surface area (Å²) in [6, 6.07) is 8.00. The Bertz CT molecular complexity index is 353. The smallest absolute Gasteiger partial charge is 0.0967 e. The lowest BCUT2D eigenvalue weighted by Crippen LogP contribution is -2.38. The first-order chi connectivity index (χ1) is 7.12. The molecule has 2 rings (SSSR count). The van der Waals surface area contributed by atoms with Gasteiger partial charge in [0.2, 0.25) is 0 Å². The van der Waals surface area contributed by atoms with Crippen molar-refractivity contribution in [2.75, 3.05) is 6.61 Å². The van der Waals surface area contributed by atoms with Crippen molar-refractivity contribution >= 4 is 15.9 Å².